The summed E-state index contributed by atoms with van der Waals surface area (Å²) in [5, 5.41) is 9.60. The molecule has 0 aromatic heterocycles. The normalized spacial score (nSPS) is 10.2. The van der Waals surface area contributed by atoms with Crippen molar-refractivity contribution in [2.45, 2.75) is 6.92 Å². The van der Waals surface area contributed by atoms with Gasteiger partial charge in [0.15, 0.2) is 0 Å². The van der Waals surface area contributed by atoms with Gasteiger partial charge in [-0.2, -0.15) is 0 Å². The molecular formula is C16H15ClO4. The van der Waals surface area contributed by atoms with E-state index in [1.54, 1.807) is 36.4 Å². The summed E-state index contributed by atoms with van der Waals surface area (Å²) in [5.74, 6) is 0.283. The van der Waals surface area contributed by atoms with Crippen LogP contribution in [0, 0.1) is 6.92 Å². The highest BCUT2D eigenvalue weighted by atomic mass is 35.5. The summed E-state index contributed by atoms with van der Waals surface area (Å²) < 4.78 is 11.1. The third kappa shape index (κ3) is 4.39. The van der Waals surface area contributed by atoms with Gasteiger partial charge < -0.3 is 14.6 Å². The fourth-order valence-corrected chi connectivity index (χ4v) is 1.86. The molecule has 2 aromatic carbocycles. The molecule has 0 aliphatic rings. The van der Waals surface area contributed by atoms with E-state index in [2.05, 4.69) is 0 Å². The fourth-order valence-electron chi connectivity index (χ4n) is 1.73. The Morgan fingerprint density at radius 2 is 1.76 bits per heavy atom. The van der Waals surface area contributed by atoms with Crippen LogP contribution in [-0.4, -0.2) is 24.3 Å². The van der Waals surface area contributed by atoms with Gasteiger partial charge in [0.1, 0.15) is 24.7 Å². The first-order valence-electron chi connectivity index (χ1n) is 6.41. The third-order valence-corrected chi connectivity index (χ3v) is 3.11. The second-order valence-corrected chi connectivity index (χ2v) is 4.87. The van der Waals surface area contributed by atoms with Gasteiger partial charge in [0, 0.05) is 5.02 Å². The van der Waals surface area contributed by atoms with Crippen molar-refractivity contribution in [2.75, 3.05) is 13.2 Å². The molecule has 0 spiro atoms. The smallest absolute Gasteiger partial charge is 0.335 e. The third-order valence-electron chi connectivity index (χ3n) is 2.86. The largest absolute Gasteiger partial charge is 0.490 e. The zero-order valence-corrected chi connectivity index (χ0v) is 12.3. The lowest BCUT2D eigenvalue weighted by atomic mass is 10.1. The Bertz CT molecular complexity index is 623. The summed E-state index contributed by atoms with van der Waals surface area (Å²) in [7, 11) is 0. The number of halogens is 1. The van der Waals surface area contributed by atoms with Gasteiger partial charge in [-0.1, -0.05) is 17.7 Å². The van der Waals surface area contributed by atoms with E-state index in [0.29, 0.717) is 29.7 Å². The highest BCUT2D eigenvalue weighted by Crippen LogP contribution is 2.20. The van der Waals surface area contributed by atoms with Crippen LogP contribution >= 0.6 is 11.6 Å². The summed E-state index contributed by atoms with van der Waals surface area (Å²) in [6, 6.07) is 11.8. The van der Waals surface area contributed by atoms with Crippen LogP contribution in [0.4, 0.5) is 0 Å². The molecule has 21 heavy (non-hydrogen) atoms. The van der Waals surface area contributed by atoms with Gasteiger partial charge in [0.05, 0.1) is 5.56 Å². The van der Waals surface area contributed by atoms with Crippen molar-refractivity contribution in [1.29, 1.82) is 0 Å². The molecule has 0 aliphatic heterocycles. The Morgan fingerprint density at radius 1 is 1.10 bits per heavy atom. The zero-order valence-electron chi connectivity index (χ0n) is 11.5. The van der Waals surface area contributed by atoms with Gasteiger partial charge >= 0.3 is 5.97 Å². The van der Waals surface area contributed by atoms with E-state index in [9.17, 15) is 4.79 Å². The van der Waals surface area contributed by atoms with E-state index < -0.39 is 5.97 Å². The summed E-state index contributed by atoms with van der Waals surface area (Å²) >= 11 is 5.78. The Kier molecular flexibility index (Phi) is 5.06. The quantitative estimate of drug-likeness (QED) is 0.825. The Hall–Kier alpha value is -2.20. The topological polar surface area (TPSA) is 55.8 Å². The molecule has 0 bridgehead atoms. The molecule has 2 aromatic rings. The van der Waals surface area contributed by atoms with Crippen molar-refractivity contribution in [3.8, 4) is 11.5 Å². The highest BCUT2D eigenvalue weighted by molar-refractivity contribution is 6.30. The summed E-state index contributed by atoms with van der Waals surface area (Å²) in [4.78, 5) is 10.9. The maximum atomic E-state index is 10.9. The molecular weight excluding hydrogens is 292 g/mol. The number of carboxylic acids is 1. The van der Waals surface area contributed by atoms with E-state index in [-0.39, 0.29) is 5.56 Å². The van der Waals surface area contributed by atoms with Crippen LogP contribution in [0.1, 0.15) is 15.9 Å². The lowest BCUT2D eigenvalue weighted by molar-refractivity contribution is 0.0696. The minimum Gasteiger partial charge on any atom is -0.490 e. The molecule has 0 amide bonds. The lowest BCUT2D eigenvalue weighted by Gasteiger charge is -2.11. The van der Waals surface area contributed by atoms with E-state index in [4.69, 9.17) is 26.2 Å². The molecule has 0 radical (unpaired) electrons. The molecule has 0 aliphatic carbocycles. The van der Waals surface area contributed by atoms with Crippen molar-refractivity contribution < 1.29 is 19.4 Å². The van der Waals surface area contributed by atoms with Gasteiger partial charge in [0.2, 0.25) is 0 Å². The van der Waals surface area contributed by atoms with Crippen molar-refractivity contribution in [3.63, 3.8) is 0 Å². The molecule has 110 valence electrons. The average Bonchev–Trinajstić information content (AvgIpc) is 2.47. The summed E-state index contributed by atoms with van der Waals surface area (Å²) in [6.45, 7) is 2.55. The number of benzene rings is 2. The van der Waals surface area contributed by atoms with Gasteiger partial charge in [-0.05, 0) is 48.9 Å². The number of aromatic carboxylic acids is 1. The number of rotatable bonds is 6. The molecule has 5 heteroatoms. The summed E-state index contributed by atoms with van der Waals surface area (Å²) in [5.41, 5.74) is 1.08. The van der Waals surface area contributed by atoms with Gasteiger partial charge in [-0.15, -0.1) is 0 Å². The number of ether oxygens (including phenoxy) is 2. The van der Waals surface area contributed by atoms with Crippen LogP contribution in [-0.2, 0) is 0 Å². The monoisotopic (exact) mass is 306 g/mol. The molecule has 2 rings (SSSR count). The Morgan fingerprint density at radius 3 is 2.43 bits per heavy atom. The molecule has 1 N–H and O–H groups in total. The lowest BCUT2D eigenvalue weighted by Crippen LogP contribution is -2.10. The SMILES string of the molecule is Cc1ccc(C(=O)O)cc1OCCOc1ccc(Cl)cc1. The Labute approximate surface area is 127 Å². The van der Waals surface area contributed by atoms with Crippen LogP contribution in [0.2, 0.25) is 5.02 Å². The van der Waals surface area contributed by atoms with E-state index in [1.807, 2.05) is 6.92 Å². The number of hydrogen-bond donors (Lipinski definition) is 1. The molecule has 0 fully saturated rings. The van der Waals surface area contributed by atoms with Crippen LogP contribution in [0.3, 0.4) is 0 Å². The zero-order chi connectivity index (χ0) is 15.2. The first-order valence-corrected chi connectivity index (χ1v) is 6.79. The van der Waals surface area contributed by atoms with Crippen molar-refractivity contribution in [3.05, 3.63) is 58.6 Å². The van der Waals surface area contributed by atoms with Gasteiger partial charge in [-0.25, -0.2) is 4.79 Å². The van der Waals surface area contributed by atoms with Crippen molar-refractivity contribution >= 4 is 17.6 Å². The van der Waals surface area contributed by atoms with E-state index in [0.717, 1.165) is 5.56 Å². The second-order valence-electron chi connectivity index (χ2n) is 4.44. The maximum Gasteiger partial charge on any atom is 0.335 e. The molecule has 0 unspecified atom stereocenters. The minimum atomic E-state index is -0.975. The van der Waals surface area contributed by atoms with Crippen LogP contribution in [0.15, 0.2) is 42.5 Å². The van der Waals surface area contributed by atoms with Crippen LogP contribution < -0.4 is 9.47 Å². The molecule has 0 heterocycles. The minimum absolute atomic E-state index is 0.203. The molecule has 0 saturated heterocycles. The maximum absolute atomic E-state index is 10.9. The molecule has 0 atom stereocenters. The van der Waals surface area contributed by atoms with Crippen LogP contribution in [0.5, 0.6) is 11.5 Å². The van der Waals surface area contributed by atoms with Gasteiger partial charge in [-0.3, -0.25) is 0 Å². The number of hydrogen-bond acceptors (Lipinski definition) is 3. The van der Waals surface area contributed by atoms with Crippen molar-refractivity contribution in [2.24, 2.45) is 0 Å². The fraction of sp³-hybridized carbons (Fsp3) is 0.188. The highest BCUT2D eigenvalue weighted by Gasteiger charge is 2.07. The number of carboxylic acid groups (broad SMARTS) is 1. The first-order chi connectivity index (χ1) is 10.1. The van der Waals surface area contributed by atoms with E-state index in [1.165, 1.54) is 6.07 Å². The first kappa shape index (κ1) is 15.2. The average molecular weight is 307 g/mol. The van der Waals surface area contributed by atoms with E-state index >= 15 is 0 Å². The molecule has 4 nitrogen and oxygen atoms in total. The molecule has 0 saturated carbocycles. The predicted octanol–water partition coefficient (Wildman–Crippen LogP) is 3.80. The number of aryl methyl sites for hydroxylation is 1. The van der Waals surface area contributed by atoms with Gasteiger partial charge in [0.25, 0.3) is 0 Å². The Balaban J connectivity index is 1.87. The predicted molar refractivity (Wildman–Crippen MR) is 80.6 cm³/mol. The van der Waals surface area contributed by atoms with Crippen LogP contribution in [0.25, 0.3) is 0 Å². The summed E-state index contributed by atoms with van der Waals surface area (Å²) in [6.07, 6.45) is 0. The second kappa shape index (κ2) is 6.99. The number of carbonyl (C=O) groups is 1. The van der Waals surface area contributed by atoms with Crippen molar-refractivity contribution in [1.82, 2.24) is 0 Å². The standard InChI is InChI=1S/C16H15ClO4/c1-11-2-3-12(16(18)19)10-15(11)21-9-8-20-14-6-4-13(17)5-7-14/h2-7,10H,8-9H2,1H3,(H,18,19).